The summed E-state index contributed by atoms with van der Waals surface area (Å²) >= 11 is 0. The van der Waals surface area contributed by atoms with Crippen molar-refractivity contribution in [2.75, 3.05) is 5.01 Å². The summed E-state index contributed by atoms with van der Waals surface area (Å²) in [6.07, 6.45) is 0.569. The number of benzene rings is 2. The average Bonchev–Trinajstić information content (AvgIpc) is 3.23. The predicted molar refractivity (Wildman–Crippen MR) is 83.8 cm³/mol. The van der Waals surface area contributed by atoms with E-state index in [-0.39, 0.29) is 6.04 Å². The van der Waals surface area contributed by atoms with Crippen LogP contribution in [-0.2, 0) is 9.63 Å². The number of hydrogen-bond acceptors (Lipinski definition) is 6. The van der Waals surface area contributed by atoms with Gasteiger partial charge in [0.15, 0.2) is 5.70 Å². The first-order valence-electron chi connectivity index (χ1n) is 7.34. The first kappa shape index (κ1) is 13.7. The molecule has 0 radical (unpaired) electrons. The average molecular weight is 306 g/mol. The van der Waals surface area contributed by atoms with E-state index < -0.39 is 5.97 Å². The van der Waals surface area contributed by atoms with Crippen molar-refractivity contribution in [3.8, 4) is 0 Å². The van der Waals surface area contributed by atoms with E-state index in [0.717, 1.165) is 11.3 Å². The number of hydrazine groups is 1. The third kappa shape index (κ3) is 2.49. The summed E-state index contributed by atoms with van der Waals surface area (Å²) < 4.78 is 0. The maximum atomic E-state index is 12.1. The van der Waals surface area contributed by atoms with Crippen molar-refractivity contribution in [3.05, 3.63) is 77.6 Å². The van der Waals surface area contributed by atoms with Crippen LogP contribution in [0.15, 0.2) is 82.3 Å². The Kier molecular flexibility index (Phi) is 3.36. The maximum Gasteiger partial charge on any atom is 0.378 e. The van der Waals surface area contributed by atoms with E-state index in [4.69, 9.17) is 4.84 Å². The second-order valence-electron chi connectivity index (χ2n) is 5.29. The van der Waals surface area contributed by atoms with Gasteiger partial charge in [0, 0.05) is 6.42 Å². The van der Waals surface area contributed by atoms with Gasteiger partial charge in [-0.3, -0.25) is 0 Å². The van der Waals surface area contributed by atoms with Crippen LogP contribution in [0.25, 0.3) is 0 Å². The van der Waals surface area contributed by atoms with Gasteiger partial charge in [-0.2, -0.15) is 10.2 Å². The highest BCUT2D eigenvalue weighted by Gasteiger charge is 2.35. The molecular formula is C17H14N4O2. The summed E-state index contributed by atoms with van der Waals surface area (Å²) in [5, 5.41) is 10.1. The van der Waals surface area contributed by atoms with Crippen LogP contribution in [0.2, 0.25) is 0 Å². The van der Waals surface area contributed by atoms with Crippen LogP contribution in [0.5, 0.6) is 0 Å². The number of carbonyl (C=O) groups is 1. The van der Waals surface area contributed by atoms with Gasteiger partial charge in [-0.05, 0) is 17.7 Å². The molecule has 1 saturated heterocycles. The molecule has 2 heterocycles. The molecular weight excluding hydrogens is 292 g/mol. The Morgan fingerprint density at radius 1 is 1.04 bits per heavy atom. The monoisotopic (exact) mass is 306 g/mol. The molecule has 0 aromatic heterocycles. The van der Waals surface area contributed by atoms with Crippen molar-refractivity contribution in [1.82, 2.24) is 5.59 Å². The normalized spacial score (nSPS) is 23.4. The lowest BCUT2D eigenvalue weighted by Gasteiger charge is -2.15. The fourth-order valence-electron chi connectivity index (χ4n) is 2.69. The van der Waals surface area contributed by atoms with Crippen LogP contribution in [0.3, 0.4) is 0 Å². The van der Waals surface area contributed by atoms with Crippen LogP contribution in [0, 0.1) is 0 Å². The minimum Gasteiger partial charge on any atom is -0.345 e. The Bertz CT molecular complexity index is 787. The summed E-state index contributed by atoms with van der Waals surface area (Å²) in [5.41, 5.74) is 5.52. The number of para-hydroxylation sites is 1. The van der Waals surface area contributed by atoms with E-state index >= 15 is 0 Å². The zero-order valence-corrected chi connectivity index (χ0v) is 12.2. The minimum absolute atomic E-state index is 0.0651. The SMILES string of the molecule is O=C1ONN(c2ccccc2)C1=C1CC(c2ccccc2)N=N1. The van der Waals surface area contributed by atoms with Crippen LogP contribution in [0.4, 0.5) is 5.69 Å². The van der Waals surface area contributed by atoms with Gasteiger partial charge in [0.2, 0.25) is 0 Å². The number of nitrogens with zero attached hydrogens (tertiary/aromatic N) is 3. The summed E-state index contributed by atoms with van der Waals surface area (Å²) in [6, 6.07) is 19.3. The number of carbonyl (C=O) groups excluding carboxylic acids is 1. The topological polar surface area (TPSA) is 66.3 Å². The highest BCUT2D eigenvalue weighted by atomic mass is 16.7. The van der Waals surface area contributed by atoms with Crippen LogP contribution < -0.4 is 10.6 Å². The van der Waals surface area contributed by atoms with E-state index in [1.165, 1.54) is 0 Å². The largest absolute Gasteiger partial charge is 0.378 e. The van der Waals surface area contributed by atoms with Crippen LogP contribution >= 0.6 is 0 Å². The predicted octanol–water partition coefficient (Wildman–Crippen LogP) is 3.28. The Morgan fingerprint density at radius 2 is 1.74 bits per heavy atom. The Balaban J connectivity index is 1.67. The quantitative estimate of drug-likeness (QED) is 0.865. The minimum atomic E-state index is -0.448. The van der Waals surface area contributed by atoms with Crippen molar-refractivity contribution in [3.63, 3.8) is 0 Å². The van der Waals surface area contributed by atoms with Crippen molar-refractivity contribution < 1.29 is 9.63 Å². The maximum absolute atomic E-state index is 12.1. The molecule has 2 aliphatic rings. The second kappa shape index (κ2) is 5.66. The van der Waals surface area contributed by atoms with Gasteiger partial charge >= 0.3 is 5.97 Å². The Labute approximate surface area is 133 Å². The summed E-state index contributed by atoms with van der Waals surface area (Å²) in [4.78, 5) is 17.1. The van der Waals surface area contributed by atoms with E-state index in [2.05, 4.69) is 15.8 Å². The number of rotatable bonds is 2. The van der Waals surface area contributed by atoms with E-state index in [1.54, 1.807) is 5.01 Å². The number of hydrogen-bond donors (Lipinski definition) is 1. The lowest BCUT2D eigenvalue weighted by molar-refractivity contribution is -0.140. The lowest BCUT2D eigenvalue weighted by Crippen LogP contribution is -2.29. The fourth-order valence-corrected chi connectivity index (χ4v) is 2.69. The number of azo groups is 1. The zero-order chi connectivity index (χ0) is 15.6. The van der Waals surface area contributed by atoms with Gasteiger partial charge in [-0.15, -0.1) is 0 Å². The molecule has 2 aromatic carbocycles. The van der Waals surface area contributed by atoms with Gasteiger partial charge < -0.3 is 4.84 Å². The van der Waals surface area contributed by atoms with Crippen molar-refractivity contribution in [1.29, 1.82) is 0 Å². The first-order valence-corrected chi connectivity index (χ1v) is 7.34. The Morgan fingerprint density at radius 3 is 2.48 bits per heavy atom. The summed E-state index contributed by atoms with van der Waals surface area (Å²) in [5.74, 6) is -0.448. The second-order valence-corrected chi connectivity index (χ2v) is 5.29. The molecule has 2 aromatic rings. The van der Waals surface area contributed by atoms with Gasteiger partial charge in [0.25, 0.3) is 0 Å². The molecule has 1 atom stereocenters. The fraction of sp³-hybridized carbons (Fsp3) is 0.118. The molecule has 0 amide bonds. The van der Waals surface area contributed by atoms with E-state index in [1.807, 2.05) is 60.7 Å². The molecule has 2 aliphatic heterocycles. The van der Waals surface area contributed by atoms with Crippen LogP contribution in [-0.4, -0.2) is 5.97 Å². The standard InChI is InChI=1S/C17H14N4O2/c22-17-16(21(20-23-17)13-9-5-2-6-10-13)15-11-14(18-19-15)12-7-3-1-4-8-12/h1-10,14,20H,11H2. The molecule has 0 bridgehead atoms. The molecule has 23 heavy (non-hydrogen) atoms. The van der Waals surface area contributed by atoms with Gasteiger partial charge in [-0.1, -0.05) is 54.1 Å². The third-order valence-electron chi connectivity index (χ3n) is 3.82. The molecule has 0 spiro atoms. The first-order chi connectivity index (χ1) is 11.3. The van der Waals surface area contributed by atoms with Gasteiger partial charge in [0.1, 0.15) is 6.04 Å². The van der Waals surface area contributed by atoms with E-state index in [0.29, 0.717) is 17.8 Å². The molecule has 4 rings (SSSR count). The number of anilines is 1. The van der Waals surface area contributed by atoms with Gasteiger partial charge in [-0.25, -0.2) is 9.80 Å². The highest BCUT2D eigenvalue weighted by Crippen LogP contribution is 2.36. The molecule has 114 valence electrons. The molecule has 6 heteroatoms. The molecule has 1 fully saturated rings. The summed E-state index contributed by atoms with van der Waals surface area (Å²) in [7, 11) is 0. The van der Waals surface area contributed by atoms with Crippen molar-refractivity contribution in [2.45, 2.75) is 12.5 Å². The summed E-state index contributed by atoms with van der Waals surface area (Å²) in [6.45, 7) is 0. The smallest absolute Gasteiger partial charge is 0.345 e. The third-order valence-corrected chi connectivity index (χ3v) is 3.82. The van der Waals surface area contributed by atoms with Crippen molar-refractivity contribution >= 4 is 11.7 Å². The molecule has 0 aliphatic carbocycles. The molecule has 6 nitrogen and oxygen atoms in total. The molecule has 0 saturated carbocycles. The molecule has 1 N–H and O–H groups in total. The Hall–Kier alpha value is -2.99. The highest BCUT2D eigenvalue weighted by molar-refractivity contribution is 5.95. The zero-order valence-electron chi connectivity index (χ0n) is 12.2. The molecule has 1 unspecified atom stereocenters. The van der Waals surface area contributed by atoms with E-state index in [9.17, 15) is 4.79 Å². The van der Waals surface area contributed by atoms with Crippen molar-refractivity contribution in [2.24, 2.45) is 10.2 Å². The number of nitrogens with one attached hydrogen (secondary N) is 1. The van der Waals surface area contributed by atoms with Gasteiger partial charge in [0.05, 0.1) is 11.4 Å². The van der Waals surface area contributed by atoms with Crippen LogP contribution in [0.1, 0.15) is 18.0 Å². The lowest BCUT2D eigenvalue weighted by atomic mass is 10.0.